The second-order valence-corrected chi connectivity index (χ2v) is 5.24. The van der Waals surface area contributed by atoms with Crippen molar-refractivity contribution in [1.82, 2.24) is 0 Å². The first-order chi connectivity index (χ1) is 7.49. The fraction of sp³-hybridized carbons (Fsp3) is 0.417. The third kappa shape index (κ3) is 2.04. The summed E-state index contributed by atoms with van der Waals surface area (Å²) in [6.45, 7) is 4.49. The zero-order chi connectivity index (χ0) is 11.9. The van der Waals surface area contributed by atoms with Gasteiger partial charge >= 0.3 is 0 Å². The van der Waals surface area contributed by atoms with Crippen molar-refractivity contribution in [2.45, 2.75) is 25.6 Å². The van der Waals surface area contributed by atoms with Crippen LogP contribution >= 0.6 is 23.2 Å². The summed E-state index contributed by atoms with van der Waals surface area (Å²) in [7, 11) is 0. The van der Waals surface area contributed by atoms with Gasteiger partial charge in [0.2, 0.25) is 5.91 Å². The van der Waals surface area contributed by atoms with Crippen molar-refractivity contribution in [2.75, 3.05) is 11.4 Å². The minimum Gasteiger partial charge on any atom is -0.309 e. The molecule has 0 aliphatic carbocycles. The lowest BCUT2D eigenvalue weighted by Crippen LogP contribution is -2.25. The Bertz CT molecular complexity index is 422. The fourth-order valence-corrected chi connectivity index (χ4v) is 2.82. The molecule has 0 aromatic heterocycles. The molecule has 2 nitrogen and oxygen atoms in total. The van der Waals surface area contributed by atoms with Crippen LogP contribution in [0.1, 0.15) is 17.5 Å². The molecule has 0 spiro atoms. The van der Waals surface area contributed by atoms with Crippen molar-refractivity contribution < 1.29 is 4.79 Å². The van der Waals surface area contributed by atoms with E-state index in [1.54, 1.807) is 4.90 Å². The third-order valence-corrected chi connectivity index (χ3v) is 3.33. The number of hydrogen-bond donors (Lipinski definition) is 0. The normalized spacial score (nSPS) is 20.6. The molecule has 4 heteroatoms. The maximum Gasteiger partial charge on any atom is 0.228 e. The average Bonchev–Trinajstić information content (AvgIpc) is 2.43. The van der Waals surface area contributed by atoms with Crippen LogP contribution < -0.4 is 4.90 Å². The predicted octanol–water partition coefficient (Wildman–Crippen LogP) is 3.30. The Morgan fingerprint density at radius 2 is 2.06 bits per heavy atom. The highest BCUT2D eigenvalue weighted by Crippen LogP contribution is 2.34. The Hall–Kier alpha value is -0.730. The SMILES string of the molecule is Cc1cc(C)c(N2CC(Cl)CC2=O)c(Cl)c1. The van der Waals surface area contributed by atoms with Gasteiger partial charge in [0.1, 0.15) is 0 Å². The minimum absolute atomic E-state index is 0.0499. The fourth-order valence-electron chi connectivity index (χ4n) is 2.13. The Morgan fingerprint density at radius 1 is 1.38 bits per heavy atom. The van der Waals surface area contributed by atoms with Gasteiger partial charge in [0.05, 0.1) is 16.1 Å². The Labute approximate surface area is 105 Å². The average molecular weight is 258 g/mol. The van der Waals surface area contributed by atoms with E-state index in [2.05, 4.69) is 0 Å². The van der Waals surface area contributed by atoms with Crippen LogP contribution in [0.25, 0.3) is 0 Å². The summed E-state index contributed by atoms with van der Waals surface area (Å²) in [4.78, 5) is 13.4. The Balaban J connectivity index is 2.44. The van der Waals surface area contributed by atoms with Crippen molar-refractivity contribution in [2.24, 2.45) is 0 Å². The van der Waals surface area contributed by atoms with Gasteiger partial charge in [-0.25, -0.2) is 0 Å². The van der Waals surface area contributed by atoms with Gasteiger partial charge in [0, 0.05) is 13.0 Å². The molecule has 16 heavy (non-hydrogen) atoms. The van der Waals surface area contributed by atoms with E-state index >= 15 is 0 Å². The van der Waals surface area contributed by atoms with Gasteiger partial charge in [-0.3, -0.25) is 4.79 Å². The summed E-state index contributed by atoms with van der Waals surface area (Å²) >= 11 is 12.2. The van der Waals surface area contributed by atoms with Crippen molar-refractivity contribution in [3.8, 4) is 0 Å². The van der Waals surface area contributed by atoms with Crippen LogP contribution in [0.5, 0.6) is 0 Å². The van der Waals surface area contributed by atoms with Gasteiger partial charge in [0.25, 0.3) is 0 Å². The topological polar surface area (TPSA) is 20.3 Å². The summed E-state index contributed by atoms with van der Waals surface area (Å²) < 4.78 is 0. The minimum atomic E-state index is -0.107. The first-order valence-electron chi connectivity index (χ1n) is 5.20. The van der Waals surface area contributed by atoms with Gasteiger partial charge in [-0.2, -0.15) is 0 Å². The van der Waals surface area contributed by atoms with Crippen LogP contribution in [0.4, 0.5) is 5.69 Å². The van der Waals surface area contributed by atoms with E-state index in [4.69, 9.17) is 23.2 Å². The highest BCUT2D eigenvalue weighted by Gasteiger charge is 2.31. The molecular weight excluding hydrogens is 245 g/mol. The Morgan fingerprint density at radius 3 is 2.56 bits per heavy atom. The number of amides is 1. The Kier molecular flexibility index (Phi) is 3.13. The third-order valence-electron chi connectivity index (χ3n) is 2.75. The van der Waals surface area contributed by atoms with Crippen molar-refractivity contribution in [3.63, 3.8) is 0 Å². The lowest BCUT2D eigenvalue weighted by atomic mass is 10.1. The number of hydrogen-bond acceptors (Lipinski definition) is 1. The maximum atomic E-state index is 11.8. The zero-order valence-electron chi connectivity index (χ0n) is 9.26. The van der Waals surface area contributed by atoms with E-state index < -0.39 is 0 Å². The molecule has 1 aliphatic rings. The van der Waals surface area contributed by atoms with Gasteiger partial charge < -0.3 is 4.90 Å². The molecule has 2 rings (SSSR count). The lowest BCUT2D eigenvalue weighted by Gasteiger charge is -2.20. The standard InChI is InChI=1S/C12H13Cl2NO/c1-7-3-8(2)12(10(14)4-7)15-6-9(13)5-11(15)16/h3-4,9H,5-6H2,1-2H3. The van der Waals surface area contributed by atoms with Crippen LogP contribution in [0, 0.1) is 13.8 Å². The molecule has 1 heterocycles. The summed E-state index contributed by atoms with van der Waals surface area (Å²) in [6, 6.07) is 3.90. The smallest absolute Gasteiger partial charge is 0.228 e. The van der Waals surface area contributed by atoms with E-state index in [1.165, 1.54) is 0 Å². The lowest BCUT2D eigenvalue weighted by molar-refractivity contribution is -0.117. The maximum absolute atomic E-state index is 11.8. The van der Waals surface area contributed by atoms with Crippen LogP contribution in [-0.2, 0) is 4.79 Å². The molecule has 1 amide bonds. The predicted molar refractivity (Wildman–Crippen MR) is 67.5 cm³/mol. The van der Waals surface area contributed by atoms with Crippen molar-refractivity contribution in [1.29, 1.82) is 0 Å². The van der Waals surface area contributed by atoms with Gasteiger partial charge in [-0.1, -0.05) is 17.7 Å². The molecule has 1 fully saturated rings. The molecule has 0 N–H and O–H groups in total. The molecule has 0 bridgehead atoms. The molecule has 1 unspecified atom stereocenters. The quantitative estimate of drug-likeness (QED) is 0.708. The van der Waals surface area contributed by atoms with Crippen molar-refractivity contribution >= 4 is 34.8 Å². The number of halogens is 2. The highest BCUT2D eigenvalue weighted by atomic mass is 35.5. The molecule has 1 saturated heterocycles. The zero-order valence-corrected chi connectivity index (χ0v) is 10.8. The monoisotopic (exact) mass is 257 g/mol. The first-order valence-corrected chi connectivity index (χ1v) is 6.01. The van der Waals surface area contributed by atoms with E-state index in [1.807, 2.05) is 26.0 Å². The number of alkyl halides is 1. The van der Waals surface area contributed by atoms with Gasteiger partial charge in [-0.15, -0.1) is 11.6 Å². The molecule has 1 aromatic carbocycles. The first kappa shape index (κ1) is 11.7. The molecule has 0 radical (unpaired) electrons. The number of benzene rings is 1. The van der Waals surface area contributed by atoms with E-state index in [0.717, 1.165) is 16.8 Å². The van der Waals surface area contributed by atoms with Crippen LogP contribution in [0.2, 0.25) is 5.02 Å². The van der Waals surface area contributed by atoms with Crippen molar-refractivity contribution in [3.05, 3.63) is 28.3 Å². The molecule has 1 aromatic rings. The van der Waals surface area contributed by atoms with Gasteiger partial charge in [0.15, 0.2) is 0 Å². The number of anilines is 1. The summed E-state index contributed by atoms with van der Waals surface area (Å²) in [5.74, 6) is 0.0499. The van der Waals surface area contributed by atoms with E-state index in [0.29, 0.717) is 18.0 Å². The number of nitrogens with zero attached hydrogens (tertiary/aromatic N) is 1. The van der Waals surface area contributed by atoms with E-state index in [9.17, 15) is 4.79 Å². The van der Waals surface area contributed by atoms with Crippen LogP contribution in [-0.4, -0.2) is 17.8 Å². The van der Waals surface area contributed by atoms with Crippen LogP contribution in [0.3, 0.4) is 0 Å². The number of carbonyl (C=O) groups is 1. The summed E-state index contributed by atoms with van der Waals surface area (Å²) in [5.41, 5.74) is 2.92. The summed E-state index contributed by atoms with van der Waals surface area (Å²) in [6.07, 6.45) is 0.394. The second kappa shape index (κ2) is 4.27. The second-order valence-electron chi connectivity index (χ2n) is 4.22. The molecule has 1 atom stereocenters. The molecule has 86 valence electrons. The van der Waals surface area contributed by atoms with E-state index in [-0.39, 0.29) is 11.3 Å². The van der Waals surface area contributed by atoms with Crippen LogP contribution in [0.15, 0.2) is 12.1 Å². The molecular formula is C12H13Cl2NO. The highest BCUT2D eigenvalue weighted by molar-refractivity contribution is 6.34. The molecule has 0 saturated carbocycles. The summed E-state index contributed by atoms with van der Waals surface area (Å²) in [5, 5.41) is 0.515. The number of aryl methyl sites for hydroxylation is 2. The van der Waals surface area contributed by atoms with Gasteiger partial charge in [-0.05, 0) is 31.0 Å². The number of rotatable bonds is 1. The largest absolute Gasteiger partial charge is 0.309 e. The molecule has 1 aliphatic heterocycles. The number of carbonyl (C=O) groups excluding carboxylic acids is 1.